The van der Waals surface area contributed by atoms with E-state index in [1.807, 2.05) is 6.92 Å². The highest BCUT2D eigenvalue weighted by Gasteiger charge is 2.37. The molecule has 0 aromatic carbocycles. The predicted octanol–water partition coefficient (Wildman–Crippen LogP) is 1.16. The Labute approximate surface area is 103 Å². The second-order valence-corrected chi connectivity index (χ2v) is 5.31. The minimum absolute atomic E-state index is 0.0329. The molecule has 1 N–H and O–H groups in total. The molecule has 2 amide bonds. The Bertz CT molecular complexity index is 317. The fourth-order valence-electron chi connectivity index (χ4n) is 2.99. The molecule has 1 saturated heterocycles. The fraction of sp³-hybridized carbons (Fsp3) is 0.846. The van der Waals surface area contributed by atoms with E-state index >= 15 is 0 Å². The topological polar surface area (TPSA) is 49.4 Å². The van der Waals surface area contributed by atoms with Gasteiger partial charge >= 0.3 is 0 Å². The summed E-state index contributed by atoms with van der Waals surface area (Å²) in [6.07, 6.45) is 4.19. The van der Waals surface area contributed by atoms with Crippen molar-refractivity contribution in [2.24, 2.45) is 11.8 Å². The van der Waals surface area contributed by atoms with Crippen molar-refractivity contribution in [1.82, 2.24) is 10.2 Å². The zero-order chi connectivity index (χ0) is 12.4. The molecule has 0 radical (unpaired) electrons. The summed E-state index contributed by atoms with van der Waals surface area (Å²) in [7, 11) is 0. The number of carbonyl (C=O) groups excluding carboxylic acids is 2. The van der Waals surface area contributed by atoms with Gasteiger partial charge in [0.2, 0.25) is 11.8 Å². The van der Waals surface area contributed by atoms with Crippen LogP contribution in [-0.2, 0) is 9.59 Å². The number of likely N-dealkylation sites (tertiary alicyclic amines) is 1. The van der Waals surface area contributed by atoms with Gasteiger partial charge in [0.1, 0.15) is 0 Å². The smallest absolute Gasteiger partial charge is 0.246 e. The first-order valence-corrected chi connectivity index (χ1v) is 6.71. The molecule has 4 heteroatoms. The average Bonchev–Trinajstić information content (AvgIpc) is 2.81. The Balaban J connectivity index is 1.84. The van der Waals surface area contributed by atoms with E-state index < -0.39 is 0 Å². The number of hydrogen-bond acceptors (Lipinski definition) is 3. The minimum atomic E-state index is -0.268. The number of amides is 2. The van der Waals surface area contributed by atoms with E-state index in [1.54, 1.807) is 0 Å². The van der Waals surface area contributed by atoms with E-state index in [-0.39, 0.29) is 17.9 Å². The Hall–Kier alpha value is -0.900. The summed E-state index contributed by atoms with van der Waals surface area (Å²) >= 11 is 0. The molecule has 3 unspecified atom stereocenters. The Morgan fingerprint density at radius 2 is 2.12 bits per heavy atom. The van der Waals surface area contributed by atoms with Crippen LogP contribution in [0.1, 0.15) is 39.5 Å². The Kier molecular flexibility index (Phi) is 3.82. The van der Waals surface area contributed by atoms with Crippen molar-refractivity contribution in [3.63, 3.8) is 0 Å². The molecular weight excluding hydrogens is 216 g/mol. The van der Waals surface area contributed by atoms with Crippen LogP contribution in [0.2, 0.25) is 0 Å². The summed E-state index contributed by atoms with van der Waals surface area (Å²) in [5.41, 5.74) is 0. The van der Waals surface area contributed by atoms with Crippen LogP contribution in [-0.4, -0.2) is 35.8 Å². The van der Waals surface area contributed by atoms with Gasteiger partial charge in [0.05, 0.1) is 12.5 Å². The quantitative estimate of drug-likeness (QED) is 0.748. The van der Waals surface area contributed by atoms with E-state index in [1.165, 1.54) is 24.2 Å². The molecule has 96 valence electrons. The van der Waals surface area contributed by atoms with E-state index in [2.05, 4.69) is 12.2 Å². The first-order valence-electron chi connectivity index (χ1n) is 6.71. The third-order valence-corrected chi connectivity index (χ3v) is 4.23. The Morgan fingerprint density at radius 1 is 1.35 bits per heavy atom. The largest absolute Gasteiger partial charge is 0.305 e. The van der Waals surface area contributed by atoms with Crippen molar-refractivity contribution >= 4 is 11.8 Å². The number of rotatable bonds is 4. The van der Waals surface area contributed by atoms with Crippen LogP contribution < -0.4 is 5.32 Å². The summed E-state index contributed by atoms with van der Waals surface area (Å²) < 4.78 is 0. The zero-order valence-electron chi connectivity index (χ0n) is 10.7. The number of likely N-dealkylation sites (N-methyl/N-ethyl adjacent to an activating group) is 1. The van der Waals surface area contributed by atoms with E-state index in [0.29, 0.717) is 18.9 Å². The lowest BCUT2D eigenvalue weighted by molar-refractivity contribution is -0.138. The van der Waals surface area contributed by atoms with Gasteiger partial charge in [-0.3, -0.25) is 14.5 Å². The molecule has 2 fully saturated rings. The molecule has 0 bridgehead atoms. The van der Waals surface area contributed by atoms with Gasteiger partial charge in [0.15, 0.2) is 0 Å². The van der Waals surface area contributed by atoms with E-state index in [9.17, 15) is 9.59 Å². The molecular formula is C13H22N2O2. The molecule has 2 aliphatic rings. The normalized spacial score (nSPS) is 33.8. The van der Waals surface area contributed by atoms with Crippen LogP contribution >= 0.6 is 0 Å². The van der Waals surface area contributed by atoms with Crippen molar-refractivity contribution in [1.29, 1.82) is 0 Å². The van der Waals surface area contributed by atoms with Crippen LogP contribution in [0.25, 0.3) is 0 Å². The van der Waals surface area contributed by atoms with Gasteiger partial charge in [-0.25, -0.2) is 0 Å². The summed E-state index contributed by atoms with van der Waals surface area (Å²) in [5, 5.41) is 3.29. The first kappa shape index (κ1) is 12.6. The number of hydrogen-bond donors (Lipinski definition) is 1. The molecule has 1 heterocycles. The molecule has 2 rings (SSSR count). The van der Waals surface area contributed by atoms with Crippen molar-refractivity contribution in [3.05, 3.63) is 0 Å². The van der Waals surface area contributed by atoms with Gasteiger partial charge in [0, 0.05) is 6.54 Å². The standard InChI is InChI=1S/C13H22N2O2/c1-3-15-12(16)7-11(13(15)17)14-8-10-6-4-5-9(10)2/h9-11,14H,3-8H2,1-2H3. The molecule has 1 saturated carbocycles. The number of carbonyl (C=O) groups is 2. The summed E-state index contributed by atoms with van der Waals surface area (Å²) in [6.45, 7) is 5.49. The third-order valence-electron chi connectivity index (χ3n) is 4.23. The number of imide groups is 1. The second kappa shape index (κ2) is 5.17. The fourth-order valence-corrected chi connectivity index (χ4v) is 2.99. The van der Waals surface area contributed by atoms with Crippen LogP contribution in [0.4, 0.5) is 0 Å². The predicted molar refractivity (Wildman–Crippen MR) is 65.3 cm³/mol. The lowest BCUT2D eigenvalue weighted by Crippen LogP contribution is -2.40. The van der Waals surface area contributed by atoms with Crippen molar-refractivity contribution in [3.8, 4) is 0 Å². The highest BCUT2D eigenvalue weighted by molar-refractivity contribution is 6.05. The van der Waals surface area contributed by atoms with Crippen molar-refractivity contribution < 1.29 is 9.59 Å². The maximum atomic E-state index is 11.9. The number of nitrogens with one attached hydrogen (secondary N) is 1. The van der Waals surface area contributed by atoms with Crippen LogP contribution in [0, 0.1) is 11.8 Å². The van der Waals surface area contributed by atoms with Gasteiger partial charge in [0.25, 0.3) is 0 Å². The summed E-state index contributed by atoms with van der Waals surface area (Å²) in [6, 6.07) is -0.268. The monoisotopic (exact) mass is 238 g/mol. The first-order chi connectivity index (χ1) is 8.13. The van der Waals surface area contributed by atoms with E-state index in [4.69, 9.17) is 0 Å². The molecule has 0 aromatic rings. The van der Waals surface area contributed by atoms with Gasteiger partial charge in [-0.1, -0.05) is 19.8 Å². The van der Waals surface area contributed by atoms with Gasteiger partial charge < -0.3 is 5.32 Å². The maximum absolute atomic E-state index is 11.9. The lowest BCUT2D eigenvalue weighted by atomic mass is 9.98. The highest BCUT2D eigenvalue weighted by atomic mass is 16.2. The molecule has 0 aromatic heterocycles. The highest BCUT2D eigenvalue weighted by Crippen LogP contribution is 2.30. The van der Waals surface area contributed by atoms with E-state index in [0.717, 1.165) is 12.5 Å². The van der Waals surface area contributed by atoms with Crippen LogP contribution in [0.5, 0.6) is 0 Å². The van der Waals surface area contributed by atoms with Crippen molar-refractivity contribution in [2.75, 3.05) is 13.1 Å². The van der Waals surface area contributed by atoms with Gasteiger partial charge in [-0.15, -0.1) is 0 Å². The van der Waals surface area contributed by atoms with Crippen molar-refractivity contribution in [2.45, 2.75) is 45.6 Å². The molecule has 17 heavy (non-hydrogen) atoms. The molecule has 0 spiro atoms. The zero-order valence-corrected chi connectivity index (χ0v) is 10.7. The van der Waals surface area contributed by atoms with Crippen LogP contribution in [0.3, 0.4) is 0 Å². The SMILES string of the molecule is CCN1C(=O)CC(NCC2CCCC2C)C1=O. The van der Waals surface area contributed by atoms with Crippen LogP contribution in [0.15, 0.2) is 0 Å². The summed E-state index contributed by atoms with van der Waals surface area (Å²) in [4.78, 5) is 24.8. The minimum Gasteiger partial charge on any atom is -0.305 e. The maximum Gasteiger partial charge on any atom is 0.246 e. The molecule has 1 aliphatic carbocycles. The molecule has 3 atom stereocenters. The Morgan fingerprint density at radius 3 is 2.65 bits per heavy atom. The molecule has 1 aliphatic heterocycles. The van der Waals surface area contributed by atoms with Gasteiger partial charge in [-0.2, -0.15) is 0 Å². The number of nitrogens with zero attached hydrogens (tertiary/aromatic N) is 1. The third kappa shape index (κ3) is 2.51. The lowest BCUT2D eigenvalue weighted by Gasteiger charge is -2.18. The average molecular weight is 238 g/mol. The van der Waals surface area contributed by atoms with Gasteiger partial charge in [-0.05, 0) is 31.7 Å². The second-order valence-electron chi connectivity index (χ2n) is 5.31. The summed E-state index contributed by atoms with van der Waals surface area (Å²) in [5.74, 6) is 1.35. The molecule has 4 nitrogen and oxygen atoms in total.